The number of amides is 1. The van der Waals surface area contributed by atoms with Crippen LogP contribution < -0.4 is 10.9 Å². The van der Waals surface area contributed by atoms with Gasteiger partial charge in [-0.25, -0.2) is 0 Å². The fourth-order valence-corrected chi connectivity index (χ4v) is 2.89. The van der Waals surface area contributed by atoms with Crippen molar-refractivity contribution in [3.8, 4) is 0 Å². The molecule has 2 aromatic heterocycles. The van der Waals surface area contributed by atoms with Gasteiger partial charge in [0.1, 0.15) is 6.54 Å². The number of rotatable bonds is 6. The second-order valence-electron chi connectivity index (χ2n) is 4.58. The van der Waals surface area contributed by atoms with Crippen LogP contribution in [0.4, 0.5) is 0 Å². The summed E-state index contributed by atoms with van der Waals surface area (Å²) in [5.74, 6) is -0.158. The topological polar surface area (TPSA) is 60.3 Å². The van der Waals surface area contributed by atoms with Gasteiger partial charge in [-0.05, 0) is 25.5 Å². The van der Waals surface area contributed by atoms with Crippen molar-refractivity contribution in [3.63, 3.8) is 0 Å². The molecule has 108 valence electrons. The van der Waals surface area contributed by atoms with E-state index in [9.17, 15) is 9.59 Å². The number of thiophene rings is 1. The van der Waals surface area contributed by atoms with Crippen LogP contribution in [0.1, 0.15) is 11.3 Å². The quantitative estimate of drug-likeness (QED) is 0.822. The van der Waals surface area contributed by atoms with Crippen LogP contribution in [-0.2, 0) is 16.1 Å². The molecule has 20 heavy (non-hydrogen) atoms. The first-order valence-electron chi connectivity index (χ1n) is 6.47. The Morgan fingerprint density at radius 1 is 1.50 bits per heavy atom. The van der Waals surface area contributed by atoms with Gasteiger partial charge in [0, 0.05) is 36.0 Å². The van der Waals surface area contributed by atoms with Crippen LogP contribution >= 0.6 is 11.3 Å². The Bertz CT molecular complexity index is 660. The van der Waals surface area contributed by atoms with Gasteiger partial charge in [0.2, 0.25) is 5.91 Å². The van der Waals surface area contributed by atoms with Gasteiger partial charge in [-0.15, -0.1) is 11.3 Å². The summed E-state index contributed by atoms with van der Waals surface area (Å²) in [6, 6.07) is 3.75. The molecule has 0 aliphatic carbocycles. The maximum Gasteiger partial charge on any atom is 0.259 e. The van der Waals surface area contributed by atoms with Gasteiger partial charge in [0.25, 0.3) is 5.56 Å². The molecule has 0 fully saturated rings. The number of carbonyl (C=O) groups is 1. The van der Waals surface area contributed by atoms with E-state index in [4.69, 9.17) is 4.74 Å². The second-order valence-corrected chi connectivity index (χ2v) is 5.87. The van der Waals surface area contributed by atoms with Crippen molar-refractivity contribution in [3.05, 3.63) is 33.6 Å². The zero-order valence-electron chi connectivity index (χ0n) is 11.6. The third-order valence-corrected chi connectivity index (χ3v) is 3.96. The van der Waals surface area contributed by atoms with E-state index in [2.05, 4.69) is 5.32 Å². The smallest absolute Gasteiger partial charge is 0.259 e. The monoisotopic (exact) mass is 294 g/mol. The predicted molar refractivity (Wildman–Crippen MR) is 80.3 cm³/mol. The highest BCUT2D eigenvalue weighted by atomic mass is 32.1. The lowest BCUT2D eigenvalue weighted by Crippen LogP contribution is -2.32. The summed E-state index contributed by atoms with van der Waals surface area (Å²) >= 11 is 1.59. The van der Waals surface area contributed by atoms with Gasteiger partial charge in [-0.2, -0.15) is 0 Å². The van der Waals surface area contributed by atoms with Crippen LogP contribution in [0.15, 0.2) is 23.1 Å². The number of methoxy groups -OCH3 is 1. The Labute approximate surface area is 121 Å². The minimum atomic E-state index is -0.158. The highest BCUT2D eigenvalue weighted by Crippen LogP contribution is 2.21. The van der Waals surface area contributed by atoms with Crippen LogP contribution in [-0.4, -0.2) is 30.7 Å². The molecule has 0 radical (unpaired) electrons. The first-order chi connectivity index (χ1) is 9.61. The Hall–Kier alpha value is -1.66. The lowest BCUT2D eigenvalue weighted by molar-refractivity contribution is -0.121. The fraction of sp³-hybridized carbons (Fsp3) is 0.429. The minimum absolute atomic E-state index is 0.0522. The van der Waals surface area contributed by atoms with Crippen molar-refractivity contribution in [1.82, 2.24) is 9.88 Å². The highest BCUT2D eigenvalue weighted by Gasteiger charge is 2.08. The minimum Gasteiger partial charge on any atom is -0.385 e. The number of pyridine rings is 1. The summed E-state index contributed by atoms with van der Waals surface area (Å²) in [6.07, 6.45) is 2.44. The molecule has 0 atom stereocenters. The number of aromatic nitrogens is 1. The average molecular weight is 294 g/mol. The van der Waals surface area contributed by atoms with Crippen molar-refractivity contribution in [2.45, 2.75) is 19.9 Å². The lowest BCUT2D eigenvalue weighted by atomic mass is 10.3. The molecule has 1 N–H and O–H groups in total. The van der Waals surface area contributed by atoms with Gasteiger partial charge in [-0.3, -0.25) is 9.59 Å². The number of carbonyl (C=O) groups excluding carboxylic acids is 1. The standard InChI is InChI=1S/C14H18N2O3S/c1-10-8-11-12(20-10)4-6-16(14(11)18)9-13(17)15-5-3-7-19-2/h4,6,8H,3,5,7,9H2,1-2H3,(H,15,17). The van der Waals surface area contributed by atoms with Crippen LogP contribution in [0.5, 0.6) is 0 Å². The summed E-state index contributed by atoms with van der Waals surface area (Å²) in [4.78, 5) is 25.1. The second kappa shape index (κ2) is 6.67. The van der Waals surface area contributed by atoms with Crippen molar-refractivity contribution < 1.29 is 9.53 Å². The third kappa shape index (κ3) is 3.46. The average Bonchev–Trinajstić information content (AvgIpc) is 2.80. The van der Waals surface area contributed by atoms with Crippen molar-refractivity contribution in [2.24, 2.45) is 0 Å². The highest BCUT2D eigenvalue weighted by molar-refractivity contribution is 7.18. The largest absolute Gasteiger partial charge is 0.385 e. The third-order valence-electron chi connectivity index (χ3n) is 2.94. The fourth-order valence-electron chi connectivity index (χ4n) is 1.98. The van der Waals surface area contributed by atoms with E-state index in [0.717, 1.165) is 16.0 Å². The molecular formula is C14H18N2O3S. The molecule has 0 aliphatic rings. The van der Waals surface area contributed by atoms with E-state index in [1.807, 2.05) is 19.1 Å². The maximum atomic E-state index is 12.2. The van der Waals surface area contributed by atoms with Crippen LogP contribution in [0, 0.1) is 6.92 Å². The zero-order valence-corrected chi connectivity index (χ0v) is 12.5. The number of aryl methyl sites for hydroxylation is 1. The number of nitrogens with zero attached hydrogens (tertiary/aromatic N) is 1. The molecule has 0 saturated carbocycles. The molecular weight excluding hydrogens is 276 g/mol. The van der Waals surface area contributed by atoms with Crippen molar-refractivity contribution in [2.75, 3.05) is 20.3 Å². The van der Waals surface area contributed by atoms with Gasteiger partial charge >= 0.3 is 0 Å². The first-order valence-corrected chi connectivity index (χ1v) is 7.28. The molecule has 0 aromatic carbocycles. The van der Waals surface area contributed by atoms with Crippen LogP contribution in [0.2, 0.25) is 0 Å². The number of nitrogens with one attached hydrogen (secondary N) is 1. The summed E-state index contributed by atoms with van der Waals surface area (Å²) in [7, 11) is 1.62. The Balaban J connectivity index is 2.04. The zero-order chi connectivity index (χ0) is 14.5. The molecule has 6 heteroatoms. The molecule has 0 unspecified atom stereocenters. The summed E-state index contributed by atoms with van der Waals surface area (Å²) < 4.78 is 7.31. The summed E-state index contributed by atoms with van der Waals surface area (Å²) in [5, 5.41) is 3.45. The molecule has 0 saturated heterocycles. The van der Waals surface area contributed by atoms with E-state index in [1.165, 1.54) is 4.57 Å². The van der Waals surface area contributed by atoms with E-state index < -0.39 is 0 Å². The molecule has 2 rings (SSSR count). The Kier molecular flexibility index (Phi) is 4.92. The normalized spacial score (nSPS) is 10.9. The molecule has 0 bridgehead atoms. The van der Waals surface area contributed by atoms with E-state index in [1.54, 1.807) is 24.6 Å². The number of hydrogen-bond acceptors (Lipinski definition) is 4. The Morgan fingerprint density at radius 2 is 2.30 bits per heavy atom. The van der Waals surface area contributed by atoms with E-state index >= 15 is 0 Å². The van der Waals surface area contributed by atoms with E-state index in [0.29, 0.717) is 18.5 Å². The van der Waals surface area contributed by atoms with Gasteiger partial charge < -0.3 is 14.6 Å². The number of hydrogen-bond donors (Lipinski definition) is 1. The molecule has 1 amide bonds. The van der Waals surface area contributed by atoms with Crippen LogP contribution in [0.3, 0.4) is 0 Å². The van der Waals surface area contributed by atoms with Crippen LogP contribution in [0.25, 0.3) is 10.1 Å². The number of ether oxygens (including phenoxy) is 1. The lowest BCUT2D eigenvalue weighted by Gasteiger charge is -2.07. The first kappa shape index (κ1) is 14.7. The molecule has 2 heterocycles. The molecule has 0 aliphatic heterocycles. The SMILES string of the molecule is COCCCNC(=O)Cn1ccc2sc(C)cc2c1=O. The molecule has 2 aromatic rings. The molecule has 0 spiro atoms. The van der Waals surface area contributed by atoms with Crippen molar-refractivity contribution >= 4 is 27.3 Å². The van der Waals surface area contributed by atoms with E-state index in [-0.39, 0.29) is 18.0 Å². The maximum absolute atomic E-state index is 12.2. The van der Waals surface area contributed by atoms with Gasteiger partial charge in [0.15, 0.2) is 0 Å². The Morgan fingerprint density at radius 3 is 3.05 bits per heavy atom. The number of fused-ring (bicyclic) bond motifs is 1. The predicted octanol–water partition coefficient (Wildman–Crippen LogP) is 1.52. The van der Waals surface area contributed by atoms with Gasteiger partial charge in [-0.1, -0.05) is 0 Å². The summed E-state index contributed by atoms with van der Waals surface area (Å²) in [5.41, 5.74) is -0.112. The molecule has 5 nitrogen and oxygen atoms in total. The van der Waals surface area contributed by atoms with Crippen molar-refractivity contribution in [1.29, 1.82) is 0 Å². The van der Waals surface area contributed by atoms with Gasteiger partial charge in [0.05, 0.1) is 5.39 Å². The summed E-state index contributed by atoms with van der Waals surface area (Å²) in [6.45, 7) is 3.19.